The molecule has 1 amide bonds. The molecule has 0 aliphatic carbocycles. The van der Waals surface area contributed by atoms with E-state index in [0.29, 0.717) is 0 Å². The molecule has 12 heavy (non-hydrogen) atoms. The van der Waals surface area contributed by atoms with Gasteiger partial charge in [-0.3, -0.25) is 0 Å². The number of hydrogen-bond acceptors (Lipinski definition) is 3. The second-order valence-corrected chi connectivity index (χ2v) is 2.69. The first-order valence-corrected chi connectivity index (χ1v) is 3.56. The standard InChI is InChI=1S/C7H13NO4.H2/c1-4(2)5(6(9)12-3)8-7(10)11;/h4-5,8H,1-3H3,(H,10,11);1H. The molecule has 0 aromatic carbocycles. The van der Waals surface area contributed by atoms with E-state index in [1.807, 2.05) is 0 Å². The Kier molecular flexibility index (Phi) is 4.10. The molecule has 0 bridgehead atoms. The molecule has 0 saturated carbocycles. The second-order valence-electron chi connectivity index (χ2n) is 2.69. The molecular formula is C7H15NO4. The molecule has 0 aromatic heterocycles. The molecule has 0 fully saturated rings. The first-order chi connectivity index (χ1) is 5.49. The number of hydrogen-bond donors (Lipinski definition) is 2. The lowest BCUT2D eigenvalue weighted by Gasteiger charge is -2.17. The Balaban J connectivity index is 0. The van der Waals surface area contributed by atoms with E-state index in [1.54, 1.807) is 13.8 Å². The number of esters is 1. The van der Waals surface area contributed by atoms with Crippen LogP contribution in [0.3, 0.4) is 0 Å². The van der Waals surface area contributed by atoms with Crippen LogP contribution in [0.1, 0.15) is 15.3 Å². The van der Waals surface area contributed by atoms with E-state index in [-0.39, 0.29) is 7.34 Å². The highest BCUT2D eigenvalue weighted by Crippen LogP contribution is 2.02. The minimum atomic E-state index is -1.22. The van der Waals surface area contributed by atoms with Crippen LogP contribution in [0.15, 0.2) is 0 Å². The van der Waals surface area contributed by atoms with Crippen LogP contribution in [0.4, 0.5) is 4.79 Å². The maximum absolute atomic E-state index is 10.9. The molecule has 0 aliphatic heterocycles. The van der Waals surface area contributed by atoms with E-state index >= 15 is 0 Å². The van der Waals surface area contributed by atoms with Gasteiger partial charge >= 0.3 is 12.1 Å². The summed E-state index contributed by atoms with van der Waals surface area (Å²) < 4.78 is 4.41. The van der Waals surface area contributed by atoms with Crippen LogP contribution in [0.5, 0.6) is 0 Å². The highest BCUT2D eigenvalue weighted by Gasteiger charge is 2.24. The normalized spacial score (nSPS) is 12.3. The van der Waals surface area contributed by atoms with Crippen molar-refractivity contribution >= 4 is 12.1 Å². The van der Waals surface area contributed by atoms with Gasteiger partial charge in [0.15, 0.2) is 0 Å². The topological polar surface area (TPSA) is 75.6 Å². The smallest absolute Gasteiger partial charge is 0.405 e. The van der Waals surface area contributed by atoms with E-state index in [4.69, 9.17) is 5.11 Å². The number of nitrogens with one attached hydrogen (secondary N) is 1. The molecule has 5 heteroatoms. The average Bonchev–Trinajstić information content (AvgIpc) is 1.98. The van der Waals surface area contributed by atoms with Crippen LogP contribution in [0.2, 0.25) is 0 Å². The van der Waals surface area contributed by atoms with Crippen molar-refractivity contribution in [3.8, 4) is 0 Å². The zero-order chi connectivity index (χ0) is 9.72. The highest BCUT2D eigenvalue weighted by molar-refractivity contribution is 5.80. The summed E-state index contributed by atoms with van der Waals surface area (Å²) in [6.07, 6.45) is -1.22. The number of carboxylic acid groups (broad SMARTS) is 1. The van der Waals surface area contributed by atoms with Gasteiger partial charge in [0, 0.05) is 1.43 Å². The Morgan fingerprint density at radius 3 is 2.25 bits per heavy atom. The summed E-state index contributed by atoms with van der Waals surface area (Å²) in [5.74, 6) is -0.680. The summed E-state index contributed by atoms with van der Waals surface area (Å²) in [6, 6.07) is -0.785. The van der Waals surface area contributed by atoms with Crippen LogP contribution in [0.25, 0.3) is 0 Å². The summed E-state index contributed by atoms with van der Waals surface area (Å²) in [7, 11) is 1.22. The molecule has 1 unspecified atom stereocenters. The van der Waals surface area contributed by atoms with Crippen LogP contribution < -0.4 is 5.32 Å². The number of ether oxygens (including phenoxy) is 1. The number of carbonyl (C=O) groups excluding carboxylic acids is 1. The molecule has 72 valence electrons. The second kappa shape index (κ2) is 4.58. The Morgan fingerprint density at radius 2 is 2.00 bits per heavy atom. The fourth-order valence-electron chi connectivity index (χ4n) is 0.758. The minimum absolute atomic E-state index is 0. The minimum Gasteiger partial charge on any atom is -0.467 e. The van der Waals surface area contributed by atoms with Gasteiger partial charge in [0.05, 0.1) is 7.11 Å². The van der Waals surface area contributed by atoms with Crippen LogP contribution in [-0.2, 0) is 9.53 Å². The summed E-state index contributed by atoms with van der Waals surface area (Å²) in [5.41, 5.74) is 0. The van der Waals surface area contributed by atoms with Gasteiger partial charge in [-0.05, 0) is 5.92 Å². The van der Waals surface area contributed by atoms with E-state index in [0.717, 1.165) is 0 Å². The summed E-state index contributed by atoms with van der Waals surface area (Å²) in [4.78, 5) is 21.2. The quantitative estimate of drug-likeness (QED) is 0.622. The summed E-state index contributed by atoms with van der Waals surface area (Å²) in [5, 5.41) is 10.4. The van der Waals surface area contributed by atoms with Gasteiger partial charge < -0.3 is 15.2 Å². The van der Waals surface area contributed by atoms with Crippen molar-refractivity contribution in [2.24, 2.45) is 5.92 Å². The number of methoxy groups -OCH3 is 1. The first kappa shape index (κ1) is 10.7. The molecule has 0 aromatic rings. The summed E-state index contributed by atoms with van der Waals surface area (Å²) in [6.45, 7) is 3.47. The van der Waals surface area contributed by atoms with Crippen LogP contribution >= 0.6 is 0 Å². The number of carbonyl (C=O) groups is 2. The van der Waals surface area contributed by atoms with Crippen LogP contribution in [0, 0.1) is 5.92 Å². The zero-order valence-electron chi connectivity index (χ0n) is 7.33. The lowest BCUT2D eigenvalue weighted by atomic mass is 10.1. The highest BCUT2D eigenvalue weighted by atomic mass is 16.5. The average molecular weight is 177 g/mol. The van der Waals surface area contributed by atoms with Gasteiger partial charge in [-0.1, -0.05) is 13.8 Å². The van der Waals surface area contributed by atoms with Crippen molar-refractivity contribution in [2.45, 2.75) is 19.9 Å². The Morgan fingerprint density at radius 1 is 1.50 bits per heavy atom. The van der Waals surface area contributed by atoms with Gasteiger partial charge in [-0.15, -0.1) is 0 Å². The van der Waals surface area contributed by atoms with Crippen molar-refractivity contribution < 1.29 is 20.9 Å². The van der Waals surface area contributed by atoms with E-state index in [9.17, 15) is 9.59 Å². The third-order valence-corrected chi connectivity index (χ3v) is 1.40. The van der Waals surface area contributed by atoms with Crippen molar-refractivity contribution in [1.82, 2.24) is 5.32 Å². The molecule has 0 rings (SSSR count). The third-order valence-electron chi connectivity index (χ3n) is 1.40. The van der Waals surface area contributed by atoms with Crippen molar-refractivity contribution in [2.75, 3.05) is 7.11 Å². The SMILES string of the molecule is COC(=O)C(NC(=O)O)C(C)C.[HH]. The molecule has 1 atom stereocenters. The maximum atomic E-state index is 10.9. The maximum Gasteiger partial charge on any atom is 0.405 e. The molecule has 2 N–H and O–H groups in total. The molecule has 5 nitrogen and oxygen atoms in total. The molecule has 0 heterocycles. The molecule has 0 aliphatic rings. The predicted molar refractivity (Wildman–Crippen MR) is 43.9 cm³/mol. The molecular weight excluding hydrogens is 162 g/mol. The van der Waals surface area contributed by atoms with Gasteiger partial charge in [-0.2, -0.15) is 0 Å². The molecule has 0 spiro atoms. The Bertz CT molecular complexity index is 183. The van der Waals surface area contributed by atoms with Crippen LogP contribution in [-0.4, -0.2) is 30.3 Å². The molecule has 0 radical (unpaired) electrons. The van der Waals surface area contributed by atoms with Gasteiger partial charge in [-0.25, -0.2) is 9.59 Å². The Labute approximate surface area is 72.2 Å². The zero-order valence-corrected chi connectivity index (χ0v) is 7.33. The lowest BCUT2D eigenvalue weighted by molar-refractivity contribution is -0.144. The third kappa shape index (κ3) is 3.23. The fourth-order valence-corrected chi connectivity index (χ4v) is 0.758. The predicted octanol–water partition coefficient (Wildman–Crippen LogP) is 0.698. The van der Waals surface area contributed by atoms with E-state index in [1.165, 1.54) is 7.11 Å². The number of rotatable bonds is 3. The van der Waals surface area contributed by atoms with Crippen molar-refractivity contribution in [3.05, 3.63) is 0 Å². The lowest BCUT2D eigenvalue weighted by Crippen LogP contribution is -2.44. The largest absolute Gasteiger partial charge is 0.467 e. The van der Waals surface area contributed by atoms with Gasteiger partial charge in [0.25, 0.3) is 0 Å². The van der Waals surface area contributed by atoms with Crippen molar-refractivity contribution in [1.29, 1.82) is 0 Å². The van der Waals surface area contributed by atoms with E-state index in [2.05, 4.69) is 10.1 Å². The van der Waals surface area contributed by atoms with Crippen molar-refractivity contribution in [3.63, 3.8) is 0 Å². The number of amides is 1. The summed E-state index contributed by atoms with van der Waals surface area (Å²) >= 11 is 0. The van der Waals surface area contributed by atoms with E-state index < -0.39 is 18.1 Å². The van der Waals surface area contributed by atoms with Gasteiger partial charge in [0.2, 0.25) is 0 Å². The van der Waals surface area contributed by atoms with Gasteiger partial charge in [0.1, 0.15) is 6.04 Å². The fraction of sp³-hybridized carbons (Fsp3) is 0.714. The monoisotopic (exact) mass is 177 g/mol. The first-order valence-electron chi connectivity index (χ1n) is 3.56. The molecule has 0 saturated heterocycles. The Hall–Kier alpha value is -1.26.